The van der Waals surface area contributed by atoms with Crippen LogP contribution in [0.25, 0.3) is 0 Å². The number of carbonyl (C=O) groups excluding carboxylic acids is 1. The Morgan fingerprint density at radius 3 is 2.44 bits per heavy atom. The van der Waals surface area contributed by atoms with E-state index in [0.29, 0.717) is 11.4 Å². The van der Waals surface area contributed by atoms with Crippen molar-refractivity contribution in [3.8, 4) is 0 Å². The minimum Gasteiger partial charge on any atom is -0.346 e. The summed E-state index contributed by atoms with van der Waals surface area (Å²) in [7, 11) is 1.87. The maximum absolute atomic E-state index is 13.6. The quantitative estimate of drug-likeness (QED) is 0.776. The van der Waals surface area contributed by atoms with Gasteiger partial charge in [0.1, 0.15) is 11.5 Å². The van der Waals surface area contributed by atoms with E-state index < -0.39 is 5.91 Å². The minimum absolute atomic E-state index is 0.0961. The lowest BCUT2D eigenvalue weighted by Crippen LogP contribution is -2.24. The van der Waals surface area contributed by atoms with Crippen LogP contribution in [0.2, 0.25) is 0 Å². The van der Waals surface area contributed by atoms with Gasteiger partial charge in [-0.25, -0.2) is 14.4 Å². The molecule has 126 valence electrons. The van der Waals surface area contributed by atoms with E-state index in [4.69, 9.17) is 0 Å². The zero-order valence-corrected chi connectivity index (χ0v) is 13.7. The first-order valence-corrected chi connectivity index (χ1v) is 7.77. The fourth-order valence-electron chi connectivity index (χ4n) is 2.30. The Bertz CT molecular complexity index is 853. The number of nitrogens with zero attached hydrogens (tertiary/aromatic N) is 3. The van der Waals surface area contributed by atoms with Crippen molar-refractivity contribution in [1.29, 1.82) is 0 Å². The van der Waals surface area contributed by atoms with Gasteiger partial charge in [-0.3, -0.25) is 4.79 Å². The van der Waals surface area contributed by atoms with Crippen LogP contribution in [0.15, 0.2) is 67.0 Å². The van der Waals surface area contributed by atoms with E-state index in [0.717, 1.165) is 5.69 Å². The highest BCUT2D eigenvalue weighted by Gasteiger charge is 2.11. The Balaban J connectivity index is 1.65. The molecule has 1 amide bonds. The summed E-state index contributed by atoms with van der Waals surface area (Å²) in [6.45, 7) is 0.0961. The Kier molecular flexibility index (Phi) is 4.99. The summed E-state index contributed by atoms with van der Waals surface area (Å²) < 4.78 is 13.6. The van der Waals surface area contributed by atoms with Gasteiger partial charge in [-0.2, -0.15) is 0 Å². The molecule has 3 rings (SSSR count). The second-order valence-corrected chi connectivity index (χ2v) is 5.43. The SMILES string of the molecule is CN(c1ccccc1)c1cnc(C(=O)NCc2ccccc2F)cn1. The Hall–Kier alpha value is -3.28. The third-order valence-electron chi connectivity index (χ3n) is 3.76. The molecule has 3 aromatic rings. The second-order valence-electron chi connectivity index (χ2n) is 5.43. The van der Waals surface area contributed by atoms with Crippen LogP contribution in [0.1, 0.15) is 16.1 Å². The number of para-hydroxylation sites is 1. The first-order chi connectivity index (χ1) is 12.1. The van der Waals surface area contributed by atoms with Crippen LogP contribution in [-0.2, 0) is 6.54 Å². The fraction of sp³-hybridized carbons (Fsp3) is 0.105. The highest BCUT2D eigenvalue weighted by Crippen LogP contribution is 2.19. The van der Waals surface area contributed by atoms with Crippen LogP contribution >= 0.6 is 0 Å². The highest BCUT2D eigenvalue weighted by atomic mass is 19.1. The topological polar surface area (TPSA) is 58.1 Å². The van der Waals surface area contributed by atoms with Gasteiger partial charge in [-0.1, -0.05) is 36.4 Å². The molecule has 0 unspecified atom stereocenters. The first kappa shape index (κ1) is 16.6. The lowest BCUT2D eigenvalue weighted by atomic mass is 10.2. The van der Waals surface area contributed by atoms with Crippen molar-refractivity contribution in [1.82, 2.24) is 15.3 Å². The van der Waals surface area contributed by atoms with Crippen LogP contribution in [0.3, 0.4) is 0 Å². The molecule has 0 atom stereocenters. The number of hydrogen-bond acceptors (Lipinski definition) is 4. The second kappa shape index (κ2) is 7.53. The van der Waals surface area contributed by atoms with E-state index >= 15 is 0 Å². The average Bonchev–Trinajstić information content (AvgIpc) is 2.67. The molecule has 1 aromatic heterocycles. The lowest BCUT2D eigenvalue weighted by molar-refractivity contribution is 0.0945. The normalized spacial score (nSPS) is 10.3. The zero-order chi connectivity index (χ0) is 17.6. The number of benzene rings is 2. The summed E-state index contributed by atoms with van der Waals surface area (Å²) in [5.41, 5.74) is 1.57. The van der Waals surface area contributed by atoms with Gasteiger partial charge >= 0.3 is 0 Å². The van der Waals surface area contributed by atoms with Gasteiger partial charge in [0.15, 0.2) is 5.82 Å². The van der Waals surface area contributed by atoms with E-state index in [1.165, 1.54) is 18.5 Å². The maximum atomic E-state index is 13.6. The number of carbonyl (C=O) groups is 1. The third-order valence-corrected chi connectivity index (χ3v) is 3.76. The molecule has 0 aliphatic carbocycles. The number of aromatic nitrogens is 2. The Morgan fingerprint density at radius 1 is 1.04 bits per heavy atom. The summed E-state index contributed by atoms with van der Waals surface area (Å²) in [6, 6.07) is 16.0. The Labute approximate surface area is 145 Å². The number of hydrogen-bond donors (Lipinski definition) is 1. The zero-order valence-electron chi connectivity index (χ0n) is 13.7. The van der Waals surface area contributed by atoms with E-state index in [2.05, 4.69) is 15.3 Å². The van der Waals surface area contributed by atoms with Crippen molar-refractivity contribution in [2.24, 2.45) is 0 Å². The summed E-state index contributed by atoms with van der Waals surface area (Å²) in [4.78, 5) is 22.4. The summed E-state index contributed by atoms with van der Waals surface area (Å²) in [6.07, 6.45) is 2.94. The predicted octanol–water partition coefficient (Wildman–Crippen LogP) is 3.31. The molecule has 6 heteroatoms. The number of amides is 1. The molecule has 0 saturated heterocycles. The summed E-state index contributed by atoms with van der Waals surface area (Å²) >= 11 is 0. The third kappa shape index (κ3) is 3.98. The molecule has 0 saturated carbocycles. The average molecular weight is 336 g/mol. The van der Waals surface area contributed by atoms with Crippen LogP contribution in [0.4, 0.5) is 15.9 Å². The van der Waals surface area contributed by atoms with Crippen LogP contribution in [-0.4, -0.2) is 22.9 Å². The lowest BCUT2D eigenvalue weighted by Gasteiger charge is -2.17. The molecule has 25 heavy (non-hydrogen) atoms. The molecule has 1 N–H and O–H groups in total. The number of rotatable bonds is 5. The van der Waals surface area contributed by atoms with E-state index in [-0.39, 0.29) is 18.1 Å². The molecule has 0 aliphatic heterocycles. The van der Waals surface area contributed by atoms with Gasteiger partial charge in [0.25, 0.3) is 5.91 Å². The van der Waals surface area contributed by atoms with Crippen LogP contribution in [0.5, 0.6) is 0 Å². The standard InChI is InChI=1S/C19H17FN4O/c1-24(15-8-3-2-4-9-15)18-13-21-17(12-22-18)19(25)23-11-14-7-5-6-10-16(14)20/h2-10,12-13H,11H2,1H3,(H,23,25). The molecule has 0 radical (unpaired) electrons. The first-order valence-electron chi connectivity index (χ1n) is 7.77. The van der Waals surface area contributed by atoms with Gasteiger partial charge < -0.3 is 10.2 Å². The smallest absolute Gasteiger partial charge is 0.271 e. The molecule has 5 nitrogen and oxygen atoms in total. The van der Waals surface area contributed by atoms with Gasteiger partial charge in [-0.15, -0.1) is 0 Å². The molecule has 0 spiro atoms. The fourth-order valence-corrected chi connectivity index (χ4v) is 2.30. The molecule has 2 aromatic carbocycles. The minimum atomic E-state index is -0.398. The number of anilines is 2. The summed E-state index contributed by atoms with van der Waals surface area (Å²) in [5, 5.41) is 2.64. The van der Waals surface area contributed by atoms with E-state index in [1.54, 1.807) is 18.2 Å². The van der Waals surface area contributed by atoms with Crippen molar-refractivity contribution in [2.75, 3.05) is 11.9 Å². The van der Waals surface area contributed by atoms with Gasteiger partial charge in [0.2, 0.25) is 0 Å². The summed E-state index contributed by atoms with van der Waals surface area (Å²) in [5.74, 6) is -0.129. The highest BCUT2D eigenvalue weighted by molar-refractivity contribution is 5.92. The molecular weight excluding hydrogens is 319 g/mol. The van der Waals surface area contributed by atoms with Crippen LogP contribution in [0, 0.1) is 5.82 Å². The van der Waals surface area contributed by atoms with Crippen LogP contribution < -0.4 is 10.2 Å². The van der Waals surface area contributed by atoms with Crippen molar-refractivity contribution >= 4 is 17.4 Å². The van der Waals surface area contributed by atoms with Gasteiger partial charge in [0.05, 0.1) is 12.4 Å². The molecule has 0 aliphatic rings. The largest absolute Gasteiger partial charge is 0.346 e. The van der Waals surface area contributed by atoms with Gasteiger partial charge in [0, 0.05) is 24.8 Å². The molecule has 0 bridgehead atoms. The number of halogens is 1. The maximum Gasteiger partial charge on any atom is 0.271 e. The molecule has 1 heterocycles. The van der Waals surface area contributed by atoms with Crippen molar-refractivity contribution in [3.63, 3.8) is 0 Å². The van der Waals surface area contributed by atoms with Gasteiger partial charge in [-0.05, 0) is 18.2 Å². The monoisotopic (exact) mass is 336 g/mol. The van der Waals surface area contributed by atoms with Crippen molar-refractivity contribution in [3.05, 3.63) is 84.1 Å². The molecular formula is C19H17FN4O. The molecule has 0 fully saturated rings. The van der Waals surface area contributed by atoms with Crippen molar-refractivity contribution in [2.45, 2.75) is 6.54 Å². The number of nitrogens with one attached hydrogen (secondary N) is 1. The predicted molar refractivity (Wildman–Crippen MR) is 94.1 cm³/mol. The van der Waals surface area contributed by atoms with E-state index in [9.17, 15) is 9.18 Å². The Morgan fingerprint density at radius 2 is 1.76 bits per heavy atom. The van der Waals surface area contributed by atoms with E-state index in [1.807, 2.05) is 42.3 Å². The van der Waals surface area contributed by atoms with Crippen molar-refractivity contribution < 1.29 is 9.18 Å².